The summed E-state index contributed by atoms with van der Waals surface area (Å²) in [5, 5.41) is 7.68. The summed E-state index contributed by atoms with van der Waals surface area (Å²) in [4.78, 5) is 15.1. The molecule has 0 aliphatic rings. The molecule has 0 aliphatic carbocycles. The summed E-state index contributed by atoms with van der Waals surface area (Å²) in [7, 11) is 1.95. The number of anilines is 1. The van der Waals surface area contributed by atoms with Gasteiger partial charge < -0.3 is 4.90 Å². The number of hydrogen-bond acceptors (Lipinski definition) is 7. The summed E-state index contributed by atoms with van der Waals surface area (Å²) in [5.41, 5.74) is 4.37. The average molecular weight is 318 g/mol. The van der Waals surface area contributed by atoms with Crippen LogP contribution in [0.1, 0.15) is 5.56 Å². The summed E-state index contributed by atoms with van der Waals surface area (Å²) < 4.78 is 4.73. The fourth-order valence-corrected chi connectivity index (χ4v) is 2.48. The number of nitrogens with zero attached hydrogens (tertiary/aromatic N) is 6. The van der Waals surface area contributed by atoms with Gasteiger partial charge in [-0.05, 0) is 46.2 Å². The molecule has 1 aromatic carbocycles. The van der Waals surface area contributed by atoms with Crippen molar-refractivity contribution in [3.8, 4) is 11.3 Å². The van der Waals surface area contributed by atoms with Crippen molar-refractivity contribution in [3.05, 3.63) is 60.6 Å². The second-order valence-corrected chi connectivity index (χ2v) is 5.43. The van der Waals surface area contributed by atoms with Gasteiger partial charge in [-0.2, -0.15) is 0 Å². The molecule has 7 nitrogen and oxygen atoms in total. The van der Waals surface area contributed by atoms with Crippen molar-refractivity contribution in [2.75, 3.05) is 11.9 Å². The Morgan fingerprint density at radius 2 is 1.96 bits per heavy atom. The van der Waals surface area contributed by atoms with Crippen LogP contribution in [-0.4, -0.2) is 32.3 Å². The molecule has 7 heteroatoms. The van der Waals surface area contributed by atoms with Crippen LogP contribution in [0.3, 0.4) is 0 Å². The van der Waals surface area contributed by atoms with Crippen LogP contribution in [-0.2, 0) is 6.54 Å². The molecule has 0 radical (unpaired) electrons. The average Bonchev–Trinajstić information content (AvgIpc) is 3.10. The maximum atomic E-state index is 4.73. The van der Waals surface area contributed by atoms with Gasteiger partial charge in [-0.3, -0.25) is 4.98 Å². The molecule has 0 fully saturated rings. The minimum absolute atomic E-state index is 0.648. The van der Waals surface area contributed by atoms with Crippen LogP contribution < -0.4 is 4.90 Å². The predicted octanol–water partition coefficient (Wildman–Crippen LogP) is 2.71. The Labute approximate surface area is 138 Å². The van der Waals surface area contributed by atoms with Crippen molar-refractivity contribution in [3.63, 3.8) is 0 Å². The van der Waals surface area contributed by atoms with Gasteiger partial charge in [0.25, 0.3) is 0 Å². The van der Waals surface area contributed by atoms with Gasteiger partial charge in [0, 0.05) is 37.7 Å². The smallest absolute Gasteiger partial charge is 0.225 e. The van der Waals surface area contributed by atoms with Gasteiger partial charge in [0.1, 0.15) is 11.0 Å². The van der Waals surface area contributed by atoms with Gasteiger partial charge in [-0.25, -0.2) is 14.6 Å². The molecule has 0 amide bonds. The summed E-state index contributed by atoms with van der Waals surface area (Å²) in [6, 6.07) is 11.6. The van der Waals surface area contributed by atoms with E-state index in [4.69, 9.17) is 4.63 Å². The second kappa shape index (κ2) is 6.04. The maximum absolute atomic E-state index is 4.73. The Kier molecular flexibility index (Phi) is 3.59. The van der Waals surface area contributed by atoms with E-state index in [9.17, 15) is 0 Å². The highest BCUT2D eigenvalue weighted by atomic mass is 16.6. The molecular weight excluding hydrogens is 304 g/mol. The number of pyridine rings is 1. The van der Waals surface area contributed by atoms with Crippen LogP contribution in [0.2, 0.25) is 0 Å². The summed E-state index contributed by atoms with van der Waals surface area (Å²) in [5.74, 6) is 0.648. The van der Waals surface area contributed by atoms with Crippen LogP contribution in [0.15, 0.2) is 59.6 Å². The fourth-order valence-electron chi connectivity index (χ4n) is 2.48. The lowest BCUT2D eigenvalue weighted by Gasteiger charge is -2.17. The van der Waals surface area contributed by atoms with Gasteiger partial charge in [0.2, 0.25) is 5.95 Å². The van der Waals surface area contributed by atoms with Crippen LogP contribution in [0.4, 0.5) is 5.95 Å². The molecule has 0 saturated heterocycles. The van der Waals surface area contributed by atoms with Crippen molar-refractivity contribution in [1.29, 1.82) is 0 Å². The Hall–Kier alpha value is -3.35. The van der Waals surface area contributed by atoms with E-state index < -0.39 is 0 Å². The first kappa shape index (κ1) is 14.3. The highest BCUT2D eigenvalue weighted by Gasteiger charge is 2.09. The van der Waals surface area contributed by atoms with E-state index in [1.165, 1.54) is 0 Å². The summed E-state index contributed by atoms with van der Waals surface area (Å²) in [6.45, 7) is 0.652. The lowest BCUT2D eigenvalue weighted by Crippen LogP contribution is -2.19. The third-order valence-corrected chi connectivity index (χ3v) is 3.68. The highest BCUT2D eigenvalue weighted by molar-refractivity contribution is 5.73. The standard InChI is InChI=1S/C17H14N6O/c1-23(11-12-4-5-15-16(9-12)22-24-21-15)17-19-8-6-14(20-17)13-3-2-7-18-10-13/h2-10H,11H2,1H3. The van der Waals surface area contributed by atoms with Crippen molar-refractivity contribution < 1.29 is 4.63 Å². The fraction of sp³-hybridized carbons (Fsp3) is 0.118. The van der Waals surface area contributed by atoms with Crippen LogP contribution in [0.25, 0.3) is 22.3 Å². The third-order valence-electron chi connectivity index (χ3n) is 3.68. The first-order valence-corrected chi connectivity index (χ1v) is 7.45. The van der Waals surface area contributed by atoms with Crippen molar-refractivity contribution in [2.24, 2.45) is 0 Å². The van der Waals surface area contributed by atoms with E-state index in [2.05, 4.69) is 25.3 Å². The second-order valence-electron chi connectivity index (χ2n) is 5.43. The van der Waals surface area contributed by atoms with Gasteiger partial charge in [0.15, 0.2) is 0 Å². The topological polar surface area (TPSA) is 80.8 Å². The minimum Gasteiger partial charge on any atom is -0.340 e. The third kappa shape index (κ3) is 2.79. The molecule has 3 heterocycles. The number of hydrogen-bond donors (Lipinski definition) is 0. The zero-order valence-electron chi connectivity index (χ0n) is 13.0. The highest BCUT2D eigenvalue weighted by Crippen LogP contribution is 2.19. The monoisotopic (exact) mass is 318 g/mol. The lowest BCUT2D eigenvalue weighted by molar-refractivity contribution is 0.315. The Balaban J connectivity index is 1.58. The largest absolute Gasteiger partial charge is 0.340 e. The Bertz CT molecular complexity index is 969. The van der Waals surface area contributed by atoms with Crippen LogP contribution in [0.5, 0.6) is 0 Å². The number of aromatic nitrogens is 5. The summed E-state index contributed by atoms with van der Waals surface area (Å²) in [6.07, 6.45) is 5.29. The van der Waals surface area contributed by atoms with Gasteiger partial charge in [-0.1, -0.05) is 6.07 Å². The van der Waals surface area contributed by atoms with Gasteiger partial charge >= 0.3 is 0 Å². The first-order chi connectivity index (χ1) is 11.8. The van der Waals surface area contributed by atoms with E-state index in [0.717, 1.165) is 27.9 Å². The Morgan fingerprint density at radius 3 is 2.83 bits per heavy atom. The SMILES string of the molecule is CN(Cc1ccc2nonc2c1)c1nccc(-c2cccnc2)n1. The van der Waals surface area contributed by atoms with Gasteiger partial charge in [0.05, 0.1) is 5.69 Å². The molecule has 24 heavy (non-hydrogen) atoms. The maximum Gasteiger partial charge on any atom is 0.225 e. The van der Waals surface area contributed by atoms with E-state index >= 15 is 0 Å². The number of benzene rings is 1. The van der Waals surface area contributed by atoms with Gasteiger partial charge in [-0.15, -0.1) is 0 Å². The van der Waals surface area contributed by atoms with E-state index in [1.807, 2.05) is 48.3 Å². The van der Waals surface area contributed by atoms with Crippen molar-refractivity contribution >= 4 is 17.0 Å². The van der Waals surface area contributed by atoms with Crippen molar-refractivity contribution in [2.45, 2.75) is 6.54 Å². The molecule has 0 unspecified atom stereocenters. The Morgan fingerprint density at radius 1 is 1.04 bits per heavy atom. The van der Waals surface area contributed by atoms with E-state index in [-0.39, 0.29) is 0 Å². The molecular formula is C17H14N6O. The molecule has 4 aromatic rings. The molecule has 0 aliphatic heterocycles. The van der Waals surface area contributed by atoms with Crippen molar-refractivity contribution in [1.82, 2.24) is 25.3 Å². The molecule has 0 spiro atoms. The summed E-state index contributed by atoms with van der Waals surface area (Å²) >= 11 is 0. The first-order valence-electron chi connectivity index (χ1n) is 7.45. The zero-order chi connectivity index (χ0) is 16.4. The molecule has 0 atom stereocenters. The molecule has 0 bridgehead atoms. The van der Waals surface area contributed by atoms with E-state index in [0.29, 0.717) is 12.5 Å². The minimum atomic E-state index is 0.648. The normalized spacial score (nSPS) is 10.9. The quantitative estimate of drug-likeness (QED) is 0.572. The lowest BCUT2D eigenvalue weighted by atomic mass is 10.2. The molecule has 0 N–H and O–H groups in total. The van der Waals surface area contributed by atoms with Crippen LogP contribution >= 0.6 is 0 Å². The predicted molar refractivity (Wildman–Crippen MR) is 89.2 cm³/mol. The molecule has 3 aromatic heterocycles. The zero-order valence-corrected chi connectivity index (χ0v) is 13.0. The molecule has 4 rings (SSSR count). The van der Waals surface area contributed by atoms with Crippen LogP contribution in [0, 0.1) is 0 Å². The molecule has 0 saturated carbocycles. The number of fused-ring (bicyclic) bond motifs is 1. The number of rotatable bonds is 4. The molecule has 118 valence electrons. The van der Waals surface area contributed by atoms with E-state index in [1.54, 1.807) is 18.6 Å².